The van der Waals surface area contributed by atoms with Crippen molar-refractivity contribution in [3.63, 3.8) is 0 Å². The molecule has 0 saturated heterocycles. The van der Waals surface area contributed by atoms with Gasteiger partial charge in [-0.05, 0) is 6.42 Å². The zero-order valence-corrected chi connectivity index (χ0v) is 10.3. The molecular formula is C10H18N2O2S. The fourth-order valence-corrected chi connectivity index (χ4v) is 1.95. The molecule has 1 atom stereocenters. The van der Waals surface area contributed by atoms with Crippen molar-refractivity contribution in [2.24, 2.45) is 0 Å². The molecule has 0 aliphatic rings. The highest BCUT2D eigenvalue weighted by molar-refractivity contribution is 7.13. The number of methoxy groups -OCH3 is 2. The topological polar surface area (TPSA) is 43.4 Å². The molecular weight excluding hydrogens is 212 g/mol. The number of nitrogens with zero attached hydrogens (tertiary/aromatic N) is 1. The van der Waals surface area contributed by atoms with E-state index >= 15 is 0 Å². The third-order valence-corrected chi connectivity index (χ3v) is 2.93. The standard InChI is InChI=1S/C10H18N2O2S/c1-4-8-7-15-10(12-8)11-5-9(14-3)6-13-2/h7,9H,4-6H2,1-3H3,(H,11,12). The van der Waals surface area contributed by atoms with Gasteiger partial charge >= 0.3 is 0 Å². The second-order valence-corrected chi connectivity index (χ2v) is 4.05. The van der Waals surface area contributed by atoms with Gasteiger partial charge in [0, 0.05) is 26.1 Å². The predicted octanol–water partition coefficient (Wildman–Crippen LogP) is 1.78. The SMILES string of the molecule is CCc1csc(NCC(COC)OC)n1. The molecule has 86 valence electrons. The first-order valence-electron chi connectivity index (χ1n) is 5.00. The lowest BCUT2D eigenvalue weighted by Gasteiger charge is -2.14. The Morgan fingerprint density at radius 3 is 2.87 bits per heavy atom. The molecule has 0 amide bonds. The van der Waals surface area contributed by atoms with Crippen LogP contribution in [0.1, 0.15) is 12.6 Å². The molecule has 0 saturated carbocycles. The van der Waals surface area contributed by atoms with Crippen molar-refractivity contribution in [3.8, 4) is 0 Å². The van der Waals surface area contributed by atoms with Crippen molar-refractivity contribution in [1.29, 1.82) is 0 Å². The van der Waals surface area contributed by atoms with E-state index in [1.54, 1.807) is 25.6 Å². The van der Waals surface area contributed by atoms with E-state index in [4.69, 9.17) is 9.47 Å². The van der Waals surface area contributed by atoms with E-state index < -0.39 is 0 Å². The van der Waals surface area contributed by atoms with Crippen LogP contribution < -0.4 is 5.32 Å². The van der Waals surface area contributed by atoms with Gasteiger partial charge < -0.3 is 14.8 Å². The Bertz CT molecular complexity index is 278. The third kappa shape index (κ3) is 4.15. The van der Waals surface area contributed by atoms with Crippen molar-refractivity contribution in [1.82, 2.24) is 4.98 Å². The van der Waals surface area contributed by atoms with Gasteiger partial charge in [0.05, 0.1) is 18.4 Å². The molecule has 0 fully saturated rings. The normalized spacial score (nSPS) is 12.7. The highest BCUT2D eigenvalue weighted by Crippen LogP contribution is 2.15. The predicted molar refractivity (Wildman–Crippen MR) is 62.7 cm³/mol. The van der Waals surface area contributed by atoms with Crippen molar-refractivity contribution < 1.29 is 9.47 Å². The largest absolute Gasteiger partial charge is 0.382 e. The lowest BCUT2D eigenvalue weighted by Crippen LogP contribution is -2.26. The summed E-state index contributed by atoms with van der Waals surface area (Å²) in [4.78, 5) is 4.41. The number of anilines is 1. The summed E-state index contributed by atoms with van der Waals surface area (Å²) < 4.78 is 10.3. The van der Waals surface area contributed by atoms with Crippen molar-refractivity contribution in [2.75, 3.05) is 32.7 Å². The van der Waals surface area contributed by atoms with Gasteiger partial charge in [0.15, 0.2) is 5.13 Å². The molecule has 0 aliphatic heterocycles. The average Bonchev–Trinajstić information content (AvgIpc) is 2.72. The Balaban J connectivity index is 2.34. The molecule has 15 heavy (non-hydrogen) atoms. The maximum absolute atomic E-state index is 5.23. The number of rotatable bonds is 7. The van der Waals surface area contributed by atoms with Crippen LogP contribution in [0.25, 0.3) is 0 Å². The first-order valence-corrected chi connectivity index (χ1v) is 5.88. The molecule has 1 unspecified atom stereocenters. The second-order valence-electron chi connectivity index (χ2n) is 3.19. The molecule has 0 spiro atoms. The summed E-state index contributed by atoms with van der Waals surface area (Å²) in [5, 5.41) is 6.26. The maximum atomic E-state index is 5.23. The lowest BCUT2D eigenvalue weighted by atomic mass is 10.4. The Morgan fingerprint density at radius 2 is 2.33 bits per heavy atom. The molecule has 0 radical (unpaired) electrons. The lowest BCUT2D eigenvalue weighted by molar-refractivity contribution is 0.0365. The summed E-state index contributed by atoms with van der Waals surface area (Å²) in [6.45, 7) is 3.41. The van der Waals surface area contributed by atoms with Crippen LogP contribution >= 0.6 is 11.3 Å². The van der Waals surface area contributed by atoms with Gasteiger partial charge in [-0.2, -0.15) is 0 Å². The number of hydrogen-bond acceptors (Lipinski definition) is 5. The van der Waals surface area contributed by atoms with Gasteiger partial charge in [0.2, 0.25) is 0 Å². The van der Waals surface area contributed by atoms with E-state index in [-0.39, 0.29) is 6.10 Å². The number of aryl methyl sites for hydroxylation is 1. The fraction of sp³-hybridized carbons (Fsp3) is 0.700. The molecule has 5 heteroatoms. The molecule has 0 aliphatic carbocycles. The van der Waals surface area contributed by atoms with Crippen LogP contribution in [-0.2, 0) is 15.9 Å². The molecule has 0 bridgehead atoms. The van der Waals surface area contributed by atoms with E-state index in [2.05, 4.69) is 22.6 Å². The average molecular weight is 230 g/mol. The minimum absolute atomic E-state index is 0.0731. The summed E-state index contributed by atoms with van der Waals surface area (Å²) >= 11 is 1.63. The van der Waals surface area contributed by atoms with Crippen LogP contribution in [0.4, 0.5) is 5.13 Å². The van der Waals surface area contributed by atoms with Crippen LogP contribution in [0.5, 0.6) is 0 Å². The highest BCUT2D eigenvalue weighted by atomic mass is 32.1. The Morgan fingerprint density at radius 1 is 1.53 bits per heavy atom. The van der Waals surface area contributed by atoms with E-state index in [1.807, 2.05) is 0 Å². The van der Waals surface area contributed by atoms with Gasteiger partial charge in [-0.15, -0.1) is 11.3 Å². The van der Waals surface area contributed by atoms with E-state index in [0.717, 1.165) is 23.8 Å². The van der Waals surface area contributed by atoms with Gasteiger partial charge in [-0.25, -0.2) is 4.98 Å². The van der Waals surface area contributed by atoms with E-state index in [1.165, 1.54) is 0 Å². The van der Waals surface area contributed by atoms with Crippen LogP contribution in [0.15, 0.2) is 5.38 Å². The minimum Gasteiger partial charge on any atom is -0.382 e. The van der Waals surface area contributed by atoms with Crippen LogP contribution in [0, 0.1) is 0 Å². The number of hydrogen-bond donors (Lipinski definition) is 1. The maximum Gasteiger partial charge on any atom is 0.182 e. The molecule has 1 aromatic rings. The monoisotopic (exact) mass is 230 g/mol. The van der Waals surface area contributed by atoms with Gasteiger partial charge in [-0.3, -0.25) is 0 Å². The van der Waals surface area contributed by atoms with Gasteiger partial charge in [-0.1, -0.05) is 6.92 Å². The zero-order valence-electron chi connectivity index (χ0n) is 9.45. The highest BCUT2D eigenvalue weighted by Gasteiger charge is 2.07. The molecule has 4 nitrogen and oxygen atoms in total. The summed E-state index contributed by atoms with van der Waals surface area (Å²) in [6.07, 6.45) is 1.05. The fourth-order valence-electron chi connectivity index (χ4n) is 1.15. The molecule has 1 heterocycles. The Kier molecular flexibility index (Phi) is 5.60. The minimum atomic E-state index is 0.0731. The van der Waals surface area contributed by atoms with E-state index in [9.17, 15) is 0 Å². The van der Waals surface area contributed by atoms with Gasteiger partial charge in [0.25, 0.3) is 0 Å². The first-order chi connectivity index (χ1) is 7.30. The smallest absolute Gasteiger partial charge is 0.182 e. The molecule has 1 rings (SSSR count). The van der Waals surface area contributed by atoms with Crippen molar-refractivity contribution in [3.05, 3.63) is 11.1 Å². The third-order valence-electron chi connectivity index (χ3n) is 2.08. The van der Waals surface area contributed by atoms with E-state index in [0.29, 0.717) is 6.61 Å². The summed E-state index contributed by atoms with van der Waals surface area (Å²) in [6, 6.07) is 0. The molecule has 0 aromatic carbocycles. The summed E-state index contributed by atoms with van der Waals surface area (Å²) in [5.41, 5.74) is 1.13. The van der Waals surface area contributed by atoms with Crippen LogP contribution in [0.2, 0.25) is 0 Å². The zero-order chi connectivity index (χ0) is 11.1. The quantitative estimate of drug-likeness (QED) is 0.775. The number of ether oxygens (including phenoxy) is 2. The number of nitrogens with one attached hydrogen (secondary N) is 1. The number of thiazole rings is 1. The van der Waals surface area contributed by atoms with Gasteiger partial charge in [0.1, 0.15) is 0 Å². The Hall–Kier alpha value is -0.650. The molecule has 1 N–H and O–H groups in total. The van der Waals surface area contributed by atoms with Crippen molar-refractivity contribution in [2.45, 2.75) is 19.4 Å². The number of aromatic nitrogens is 1. The van der Waals surface area contributed by atoms with Crippen LogP contribution in [0.3, 0.4) is 0 Å². The van der Waals surface area contributed by atoms with Crippen molar-refractivity contribution >= 4 is 16.5 Å². The first kappa shape index (κ1) is 12.4. The summed E-state index contributed by atoms with van der Waals surface area (Å²) in [5.74, 6) is 0. The molecule has 1 aromatic heterocycles. The summed E-state index contributed by atoms with van der Waals surface area (Å²) in [7, 11) is 3.36. The Labute approximate surface area is 94.6 Å². The van der Waals surface area contributed by atoms with Crippen LogP contribution in [-0.4, -0.2) is 38.5 Å². The second kappa shape index (κ2) is 6.76.